The number of rotatable bonds is 6. The van der Waals surface area contributed by atoms with Crippen LogP contribution < -0.4 is 5.11 Å². The van der Waals surface area contributed by atoms with Gasteiger partial charge in [0, 0.05) is 6.92 Å². The number of esters is 1. The Bertz CT molecular complexity index is 315. The lowest BCUT2D eigenvalue weighted by Crippen LogP contribution is -2.52. The molecule has 0 aliphatic carbocycles. The second-order valence-corrected chi connectivity index (χ2v) is 4.70. The predicted octanol–water partition coefficient (Wildman–Crippen LogP) is -0.303. The standard InChI is InChI=1S/C10H16F3NO4/c1-7(15)18-8(4-10(11,12)13)5-14(2,3)6-9(16)17/h8H,4-6H2,1-3H3. The van der Waals surface area contributed by atoms with Crippen molar-refractivity contribution in [2.75, 3.05) is 27.2 Å². The van der Waals surface area contributed by atoms with E-state index in [-0.39, 0.29) is 11.0 Å². The molecular weight excluding hydrogens is 255 g/mol. The molecule has 0 heterocycles. The maximum absolute atomic E-state index is 12.3. The van der Waals surface area contributed by atoms with E-state index in [0.29, 0.717) is 0 Å². The Balaban J connectivity index is 4.67. The van der Waals surface area contributed by atoms with E-state index in [1.165, 1.54) is 14.1 Å². The first-order valence-corrected chi connectivity index (χ1v) is 5.17. The van der Waals surface area contributed by atoms with Crippen LogP contribution in [0.4, 0.5) is 13.2 Å². The highest BCUT2D eigenvalue weighted by atomic mass is 19.4. The number of alkyl halides is 3. The highest BCUT2D eigenvalue weighted by Gasteiger charge is 2.37. The Labute approximate surface area is 103 Å². The Morgan fingerprint density at radius 3 is 2.17 bits per heavy atom. The second kappa shape index (κ2) is 6.03. The quantitative estimate of drug-likeness (QED) is 0.491. The Hall–Kier alpha value is -1.31. The maximum Gasteiger partial charge on any atom is 0.392 e. The van der Waals surface area contributed by atoms with E-state index in [0.717, 1.165) is 6.92 Å². The number of nitrogens with zero attached hydrogens (tertiary/aromatic N) is 1. The van der Waals surface area contributed by atoms with E-state index in [2.05, 4.69) is 4.74 Å². The molecule has 0 bridgehead atoms. The van der Waals surface area contributed by atoms with E-state index in [1.807, 2.05) is 0 Å². The fourth-order valence-corrected chi connectivity index (χ4v) is 1.60. The number of likely N-dealkylation sites (N-methyl/N-ethyl adjacent to an activating group) is 1. The van der Waals surface area contributed by atoms with E-state index in [4.69, 9.17) is 0 Å². The molecule has 0 saturated carbocycles. The molecule has 0 aromatic carbocycles. The zero-order chi connectivity index (χ0) is 14.6. The van der Waals surface area contributed by atoms with E-state index in [1.54, 1.807) is 0 Å². The highest BCUT2D eigenvalue weighted by Crippen LogP contribution is 2.24. The summed E-state index contributed by atoms with van der Waals surface area (Å²) in [4.78, 5) is 21.2. The van der Waals surface area contributed by atoms with E-state index < -0.39 is 37.2 Å². The molecule has 18 heavy (non-hydrogen) atoms. The van der Waals surface area contributed by atoms with Gasteiger partial charge in [-0.1, -0.05) is 0 Å². The van der Waals surface area contributed by atoms with E-state index >= 15 is 0 Å². The highest BCUT2D eigenvalue weighted by molar-refractivity contribution is 5.66. The molecule has 5 nitrogen and oxygen atoms in total. The van der Waals surface area contributed by atoms with Crippen molar-refractivity contribution in [1.29, 1.82) is 0 Å². The molecule has 0 N–H and O–H groups in total. The molecule has 0 aliphatic rings. The van der Waals surface area contributed by atoms with Crippen molar-refractivity contribution in [2.24, 2.45) is 0 Å². The van der Waals surface area contributed by atoms with Gasteiger partial charge in [0.1, 0.15) is 13.1 Å². The fourth-order valence-electron chi connectivity index (χ4n) is 1.60. The van der Waals surface area contributed by atoms with Gasteiger partial charge in [0.2, 0.25) is 0 Å². The maximum atomic E-state index is 12.3. The summed E-state index contributed by atoms with van der Waals surface area (Å²) < 4.78 is 41.1. The normalized spacial score (nSPS) is 14.1. The molecule has 0 spiro atoms. The Kier molecular flexibility index (Phi) is 5.59. The molecule has 0 radical (unpaired) electrons. The number of hydrogen-bond donors (Lipinski definition) is 0. The molecule has 0 fully saturated rings. The number of carbonyl (C=O) groups excluding carboxylic acids is 2. The van der Waals surface area contributed by atoms with Gasteiger partial charge in [0.25, 0.3) is 0 Å². The molecular formula is C10H16F3NO4. The van der Waals surface area contributed by atoms with Crippen molar-refractivity contribution in [3.8, 4) is 0 Å². The number of carboxylic acid groups (broad SMARTS) is 1. The first-order valence-electron chi connectivity index (χ1n) is 5.17. The van der Waals surface area contributed by atoms with Gasteiger partial charge in [-0.25, -0.2) is 0 Å². The third-order valence-electron chi connectivity index (χ3n) is 2.05. The van der Waals surface area contributed by atoms with Gasteiger partial charge in [-0.05, 0) is 0 Å². The first-order chi connectivity index (χ1) is 7.91. The van der Waals surface area contributed by atoms with Crippen LogP contribution in [0.2, 0.25) is 0 Å². The third-order valence-corrected chi connectivity index (χ3v) is 2.05. The monoisotopic (exact) mass is 271 g/mol. The Morgan fingerprint density at radius 2 is 1.83 bits per heavy atom. The summed E-state index contributed by atoms with van der Waals surface area (Å²) >= 11 is 0. The molecule has 0 rings (SSSR count). The van der Waals surface area contributed by atoms with E-state index in [9.17, 15) is 27.9 Å². The predicted molar refractivity (Wildman–Crippen MR) is 53.1 cm³/mol. The van der Waals surface area contributed by atoms with Crippen molar-refractivity contribution in [2.45, 2.75) is 25.6 Å². The van der Waals surface area contributed by atoms with Gasteiger partial charge in [0.05, 0.1) is 26.5 Å². The van der Waals surface area contributed by atoms with Crippen molar-refractivity contribution in [3.63, 3.8) is 0 Å². The molecule has 106 valence electrons. The summed E-state index contributed by atoms with van der Waals surface area (Å²) in [6, 6.07) is 0. The summed E-state index contributed by atoms with van der Waals surface area (Å²) in [6.07, 6.45) is -7.19. The zero-order valence-corrected chi connectivity index (χ0v) is 10.4. The van der Waals surface area contributed by atoms with Crippen molar-refractivity contribution in [1.82, 2.24) is 0 Å². The van der Waals surface area contributed by atoms with Crippen LogP contribution in [-0.2, 0) is 14.3 Å². The first kappa shape index (κ1) is 16.7. The van der Waals surface area contributed by atoms with Crippen molar-refractivity contribution < 1.29 is 37.1 Å². The number of ether oxygens (including phenoxy) is 1. The molecule has 0 saturated heterocycles. The van der Waals surface area contributed by atoms with Gasteiger partial charge in [-0.2, -0.15) is 13.2 Å². The van der Waals surface area contributed by atoms with Gasteiger partial charge in [-0.3, -0.25) is 4.79 Å². The number of quaternary nitrogens is 1. The third kappa shape index (κ3) is 8.80. The molecule has 8 heteroatoms. The average Bonchev–Trinajstić information content (AvgIpc) is 1.92. The minimum Gasteiger partial charge on any atom is -0.544 e. The largest absolute Gasteiger partial charge is 0.544 e. The smallest absolute Gasteiger partial charge is 0.392 e. The number of carboxylic acids is 1. The van der Waals surface area contributed by atoms with Crippen LogP contribution >= 0.6 is 0 Å². The Morgan fingerprint density at radius 1 is 1.33 bits per heavy atom. The number of aliphatic carboxylic acids is 1. The zero-order valence-electron chi connectivity index (χ0n) is 10.4. The minimum atomic E-state index is -4.48. The van der Waals surface area contributed by atoms with Crippen LogP contribution in [0, 0.1) is 0 Å². The minimum absolute atomic E-state index is 0.257. The summed E-state index contributed by atoms with van der Waals surface area (Å²) in [5.41, 5.74) is 0. The number of halogens is 3. The van der Waals surface area contributed by atoms with Gasteiger partial charge >= 0.3 is 12.1 Å². The average molecular weight is 271 g/mol. The molecule has 1 unspecified atom stereocenters. The molecule has 0 aliphatic heterocycles. The SMILES string of the molecule is CC(=O)OC(CC(F)(F)F)C[N+](C)(C)CC(=O)[O-]. The van der Waals surface area contributed by atoms with Crippen LogP contribution in [0.3, 0.4) is 0 Å². The lowest BCUT2D eigenvalue weighted by atomic mass is 10.2. The lowest BCUT2D eigenvalue weighted by Gasteiger charge is -2.33. The van der Waals surface area contributed by atoms with Gasteiger partial charge in [-0.15, -0.1) is 0 Å². The summed E-state index contributed by atoms with van der Waals surface area (Å²) in [5.74, 6) is -2.22. The number of carbonyl (C=O) groups is 2. The van der Waals surface area contributed by atoms with Crippen LogP contribution in [-0.4, -0.2) is 55.9 Å². The van der Waals surface area contributed by atoms with Crippen LogP contribution in [0.15, 0.2) is 0 Å². The van der Waals surface area contributed by atoms with Crippen LogP contribution in [0.25, 0.3) is 0 Å². The summed E-state index contributed by atoms with van der Waals surface area (Å²) in [7, 11) is 2.84. The van der Waals surface area contributed by atoms with Crippen molar-refractivity contribution in [3.05, 3.63) is 0 Å². The molecule has 1 atom stereocenters. The number of hydrogen-bond acceptors (Lipinski definition) is 4. The summed E-state index contributed by atoms with van der Waals surface area (Å²) in [5, 5.41) is 10.4. The van der Waals surface area contributed by atoms with Crippen LogP contribution in [0.1, 0.15) is 13.3 Å². The molecule has 0 amide bonds. The second-order valence-electron chi connectivity index (χ2n) is 4.70. The van der Waals surface area contributed by atoms with Crippen LogP contribution in [0.5, 0.6) is 0 Å². The summed E-state index contributed by atoms with van der Waals surface area (Å²) in [6.45, 7) is 0.283. The molecule has 0 aromatic rings. The fraction of sp³-hybridized carbons (Fsp3) is 0.800. The topological polar surface area (TPSA) is 66.4 Å². The molecule has 0 aromatic heterocycles. The van der Waals surface area contributed by atoms with Gasteiger partial charge in [0.15, 0.2) is 6.10 Å². The lowest BCUT2D eigenvalue weighted by molar-refractivity contribution is -0.887. The van der Waals surface area contributed by atoms with Crippen molar-refractivity contribution >= 4 is 11.9 Å². The van der Waals surface area contributed by atoms with Gasteiger partial charge < -0.3 is 19.1 Å².